The van der Waals surface area contributed by atoms with Crippen LogP contribution in [0.25, 0.3) is 0 Å². The molecule has 28 heavy (non-hydrogen) atoms. The van der Waals surface area contributed by atoms with Gasteiger partial charge in [0.1, 0.15) is 6.61 Å². The summed E-state index contributed by atoms with van der Waals surface area (Å²) in [4.78, 5) is 4.49. The molecule has 0 radical (unpaired) electrons. The summed E-state index contributed by atoms with van der Waals surface area (Å²) in [5.41, 5.74) is 3.74. The summed E-state index contributed by atoms with van der Waals surface area (Å²) in [6, 6.07) is 19.1. The van der Waals surface area contributed by atoms with Crippen LogP contribution in [0, 0.1) is 6.92 Å². The average Bonchev–Trinajstić information content (AvgIpc) is 2.68. The molecule has 3 nitrogen and oxygen atoms in total. The monoisotopic (exact) mass is 413 g/mol. The van der Waals surface area contributed by atoms with Crippen molar-refractivity contribution in [1.29, 1.82) is 0 Å². The van der Waals surface area contributed by atoms with Crippen LogP contribution in [0.1, 0.15) is 23.6 Å². The third-order valence-corrected chi connectivity index (χ3v) is 4.71. The van der Waals surface area contributed by atoms with Crippen LogP contribution in [0.3, 0.4) is 0 Å². The summed E-state index contributed by atoms with van der Waals surface area (Å²) < 4.78 is 11.7. The lowest BCUT2D eigenvalue weighted by Crippen LogP contribution is -2.00. The van der Waals surface area contributed by atoms with Gasteiger partial charge in [-0.1, -0.05) is 41.4 Å². The molecule has 0 amide bonds. The van der Waals surface area contributed by atoms with E-state index in [1.165, 1.54) is 0 Å². The lowest BCUT2D eigenvalue weighted by molar-refractivity contribution is 0.269. The highest BCUT2D eigenvalue weighted by molar-refractivity contribution is 6.31. The summed E-state index contributed by atoms with van der Waals surface area (Å²) in [6.07, 6.45) is 1.78. The SMILES string of the molecule is CCOc1cc(C=Nc2ccc(C)c(Cl)c2)ccc1OCc1cccc(Cl)c1. The quantitative estimate of drug-likeness (QED) is 0.389. The molecule has 0 unspecified atom stereocenters. The van der Waals surface area contributed by atoms with Gasteiger partial charge in [0.05, 0.1) is 12.3 Å². The van der Waals surface area contributed by atoms with Gasteiger partial charge in [-0.2, -0.15) is 0 Å². The number of halogens is 2. The van der Waals surface area contributed by atoms with E-state index in [0.717, 1.165) is 22.4 Å². The molecule has 5 heteroatoms. The molecule has 0 atom stereocenters. The molecule has 3 aromatic carbocycles. The van der Waals surface area contributed by atoms with E-state index in [-0.39, 0.29) is 0 Å². The largest absolute Gasteiger partial charge is 0.490 e. The van der Waals surface area contributed by atoms with Gasteiger partial charge in [0, 0.05) is 16.3 Å². The topological polar surface area (TPSA) is 30.8 Å². The number of hydrogen-bond donors (Lipinski definition) is 0. The van der Waals surface area contributed by atoms with Gasteiger partial charge in [0.25, 0.3) is 0 Å². The van der Waals surface area contributed by atoms with Crippen molar-refractivity contribution < 1.29 is 9.47 Å². The molecule has 0 aliphatic heterocycles. The first kappa shape index (κ1) is 20.2. The van der Waals surface area contributed by atoms with E-state index in [1.807, 2.05) is 74.5 Å². The number of benzene rings is 3. The maximum Gasteiger partial charge on any atom is 0.161 e. The van der Waals surface area contributed by atoms with Gasteiger partial charge in [-0.25, -0.2) is 0 Å². The zero-order chi connectivity index (χ0) is 19.9. The standard InChI is InChI=1S/C23H21Cl2NO2/c1-3-27-23-12-17(14-26-20-9-7-16(2)21(25)13-20)8-10-22(23)28-15-18-5-4-6-19(24)11-18/h4-14H,3,15H2,1-2H3. The van der Waals surface area contributed by atoms with Gasteiger partial charge in [-0.3, -0.25) is 4.99 Å². The van der Waals surface area contributed by atoms with Crippen LogP contribution in [0.2, 0.25) is 10.0 Å². The zero-order valence-corrected chi connectivity index (χ0v) is 17.3. The summed E-state index contributed by atoms with van der Waals surface area (Å²) in [5.74, 6) is 1.35. The van der Waals surface area contributed by atoms with Gasteiger partial charge in [-0.05, 0) is 73.0 Å². The second kappa shape index (κ2) is 9.63. The minimum atomic E-state index is 0.413. The smallest absolute Gasteiger partial charge is 0.161 e. The number of rotatable bonds is 7. The predicted molar refractivity (Wildman–Crippen MR) is 117 cm³/mol. The molecule has 0 aliphatic rings. The first-order valence-corrected chi connectivity index (χ1v) is 9.75. The van der Waals surface area contributed by atoms with E-state index < -0.39 is 0 Å². The fourth-order valence-electron chi connectivity index (χ4n) is 2.59. The van der Waals surface area contributed by atoms with Crippen molar-refractivity contribution in [2.24, 2.45) is 4.99 Å². The molecule has 0 saturated carbocycles. The predicted octanol–water partition coefficient (Wildman–Crippen LogP) is 7.03. The molecule has 0 spiro atoms. The van der Waals surface area contributed by atoms with Crippen molar-refractivity contribution in [1.82, 2.24) is 0 Å². The maximum atomic E-state index is 6.16. The highest BCUT2D eigenvalue weighted by Gasteiger charge is 2.07. The fraction of sp³-hybridized carbons (Fsp3) is 0.174. The van der Waals surface area contributed by atoms with Crippen LogP contribution in [-0.4, -0.2) is 12.8 Å². The second-order valence-corrected chi connectivity index (χ2v) is 7.09. The molecule has 0 N–H and O–H groups in total. The first-order chi connectivity index (χ1) is 13.5. The van der Waals surface area contributed by atoms with Crippen LogP contribution in [0.4, 0.5) is 5.69 Å². The van der Waals surface area contributed by atoms with E-state index in [9.17, 15) is 0 Å². The van der Waals surface area contributed by atoms with Gasteiger partial charge in [-0.15, -0.1) is 0 Å². The highest BCUT2D eigenvalue weighted by Crippen LogP contribution is 2.29. The van der Waals surface area contributed by atoms with Crippen LogP contribution in [-0.2, 0) is 6.61 Å². The Morgan fingerprint density at radius 1 is 0.929 bits per heavy atom. The summed E-state index contributed by atoms with van der Waals surface area (Å²) in [5, 5.41) is 1.39. The summed E-state index contributed by atoms with van der Waals surface area (Å²) in [7, 11) is 0. The molecular weight excluding hydrogens is 393 g/mol. The number of ether oxygens (including phenoxy) is 2. The van der Waals surface area contributed by atoms with E-state index >= 15 is 0 Å². The average molecular weight is 414 g/mol. The molecule has 0 bridgehead atoms. The molecule has 144 valence electrons. The lowest BCUT2D eigenvalue weighted by Gasteiger charge is -2.13. The molecule has 0 fully saturated rings. The van der Waals surface area contributed by atoms with E-state index in [1.54, 1.807) is 6.21 Å². The Bertz CT molecular complexity index is 986. The molecular formula is C23H21Cl2NO2. The Morgan fingerprint density at radius 2 is 1.79 bits per heavy atom. The molecule has 0 heterocycles. The van der Waals surface area contributed by atoms with Crippen molar-refractivity contribution >= 4 is 35.1 Å². The van der Waals surface area contributed by atoms with E-state index in [0.29, 0.717) is 34.8 Å². The van der Waals surface area contributed by atoms with Gasteiger partial charge in [0.2, 0.25) is 0 Å². The van der Waals surface area contributed by atoms with E-state index in [2.05, 4.69) is 4.99 Å². The highest BCUT2D eigenvalue weighted by atomic mass is 35.5. The third-order valence-electron chi connectivity index (χ3n) is 4.07. The normalized spacial score (nSPS) is 11.0. The van der Waals surface area contributed by atoms with Gasteiger partial charge in [0.15, 0.2) is 11.5 Å². The second-order valence-electron chi connectivity index (χ2n) is 6.25. The number of aliphatic imine (C=N–C) groups is 1. The molecule has 0 aromatic heterocycles. The number of hydrogen-bond acceptors (Lipinski definition) is 3. The molecule has 0 aliphatic carbocycles. The Kier molecular flexibility index (Phi) is 6.96. The Hall–Kier alpha value is -2.49. The minimum Gasteiger partial charge on any atom is -0.490 e. The Labute approximate surface area is 175 Å². The van der Waals surface area contributed by atoms with Crippen molar-refractivity contribution in [2.45, 2.75) is 20.5 Å². The van der Waals surface area contributed by atoms with Gasteiger partial charge >= 0.3 is 0 Å². The molecule has 3 aromatic rings. The van der Waals surface area contributed by atoms with Crippen LogP contribution in [0.5, 0.6) is 11.5 Å². The Balaban J connectivity index is 1.76. The molecule has 3 rings (SSSR count). The summed E-state index contributed by atoms with van der Waals surface area (Å²) in [6.45, 7) is 4.86. The van der Waals surface area contributed by atoms with Crippen molar-refractivity contribution in [3.63, 3.8) is 0 Å². The maximum absolute atomic E-state index is 6.16. The number of aryl methyl sites for hydroxylation is 1. The number of nitrogens with zero attached hydrogens (tertiary/aromatic N) is 1. The third kappa shape index (κ3) is 5.51. The van der Waals surface area contributed by atoms with Gasteiger partial charge < -0.3 is 9.47 Å². The van der Waals surface area contributed by atoms with Crippen LogP contribution >= 0.6 is 23.2 Å². The zero-order valence-electron chi connectivity index (χ0n) is 15.8. The first-order valence-electron chi connectivity index (χ1n) is 8.99. The van der Waals surface area contributed by atoms with Crippen molar-refractivity contribution in [2.75, 3.05) is 6.61 Å². The molecule has 0 saturated heterocycles. The fourth-order valence-corrected chi connectivity index (χ4v) is 2.98. The van der Waals surface area contributed by atoms with Crippen molar-refractivity contribution in [3.8, 4) is 11.5 Å². The van der Waals surface area contributed by atoms with Crippen molar-refractivity contribution in [3.05, 3.63) is 87.4 Å². The lowest BCUT2D eigenvalue weighted by atomic mass is 10.2. The minimum absolute atomic E-state index is 0.413. The van der Waals surface area contributed by atoms with Crippen LogP contribution in [0.15, 0.2) is 65.7 Å². The Morgan fingerprint density at radius 3 is 2.54 bits per heavy atom. The summed E-state index contributed by atoms with van der Waals surface area (Å²) >= 11 is 12.2. The van der Waals surface area contributed by atoms with E-state index in [4.69, 9.17) is 32.7 Å². The van der Waals surface area contributed by atoms with Crippen LogP contribution < -0.4 is 9.47 Å².